The maximum absolute atomic E-state index is 12.7. The number of hydrogen-bond acceptors (Lipinski definition) is 2. The first-order valence-electron chi connectivity index (χ1n) is 7.86. The molecule has 1 aliphatic heterocycles. The monoisotopic (exact) mass is 347 g/mol. The molecule has 1 heterocycles. The first-order valence-corrected chi connectivity index (χ1v) is 8.03. The van der Waals surface area contributed by atoms with Crippen molar-refractivity contribution in [3.05, 3.63) is 63.6 Å². The number of aliphatic imine (C=N–C) groups is 1. The highest BCUT2D eigenvalue weighted by Gasteiger charge is 2.29. The molecule has 0 N–H and O–H groups in total. The molecule has 3 nitrogen and oxygen atoms in total. The van der Waals surface area contributed by atoms with E-state index in [4.69, 9.17) is 24.6 Å². The van der Waals surface area contributed by atoms with Crippen LogP contribution in [0.2, 0.25) is 10.0 Å². The summed E-state index contributed by atoms with van der Waals surface area (Å²) in [5.41, 5.74) is 2.58. The molecule has 0 fully saturated rings. The van der Waals surface area contributed by atoms with Crippen molar-refractivity contribution in [3.63, 3.8) is 0 Å². The molecule has 5 heteroatoms. The summed E-state index contributed by atoms with van der Waals surface area (Å²) < 4.78 is 8.17. The van der Waals surface area contributed by atoms with Gasteiger partial charge in [-0.25, -0.2) is 0 Å². The van der Waals surface area contributed by atoms with Gasteiger partial charge in [-0.05, 0) is 26.0 Å². The Morgan fingerprint density at radius 1 is 1.22 bits per heavy atom. The molecular weight excluding hydrogens is 331 g/mol. The van der Waals surface area contributed by atoms with Gasteiger partial charge in [0, 0.05) is 22.2 Å². The number of hydrogen-bond donors (Lipinski definition) is 0. The molecule has 3 rings (SSSR count). The van der Waals surface area contributed by atoms with E-state index in [1.54, 1.807) is 12.1 Å². The fourth-order valence-electron chi connectivity index (χ4n) is 2.69. The van der Waals surface area contributed by atoms with Crippen LogP contribution in [0.3, 0.4) is 0 Å². The second-order valence-electron chi connectivity index (χ2n) is 5.56. The lowest BCUT2D eigenvalue weighted by Crippen LogP contribution is -2.38. The van der Waals surface area contributed by atoms with Crippen molar-refractivity contribution in [2.24, 2.45) is 4.99 Å². The Balaban J connectivity index is 2.34. The largest absolute Gasteiger partial charge is 0.306 e. The van der Waals surface area contributed by atoms with Crippen LogP contribution in [-0.2, 0) is 4.79 Å². The second kappa shape index (κ2) is 6.34. The average molecular weight is 348 g/mol. The van der Waals surface area contributed by atoms with E-state index in [1.165, 1.54) is 4.90 Å². The SMILES string of the molecule is [2H]C1N=C(c2ccccc2)c2cc(Cl)cc(Cl)c2N(C(C)C)C1=O. The standard InChI is InChI=1S/C18H16Cl2N2O/c1-11(2)22-16(23)10-21-17(12-6-4-3-5-7-12)14-8-13(19)9-15(20)18(14)22/h3-9,11H,10H2,1-2H3/i10D. The lowest BCUT2D eigenvalue weighted by molar-refractivity contribution is -0.117. The highest BCUT2D eigenvalue weighted by molar-refractivity contribution is 6.39. The Bertz CT molecular complexity index is 821. The number of nitrogens with zero attached hydrogens (tertiary/aromatic N) is 2. The molecule has 23 heavy (non-hydrogen) atoms. The van der Waals surface area contributed by atoms with Gasteiger partial charge in [0.2, 0.25) is 5.91 Å². The van der Waals surface area contributed by atoms with Crippen molar-refractivity contribution in [1.82, 2.24) is 0 Å². The van der Waals surface area contributed by atoms with Crippen LogP contribution in [0, 0.1) is 0 Å². The lowest BCUT2D eigenvalue weighted by atomic mass is 9.99. The van der Waals surface area contributed by atoms with Crippen molar-refractivity contribution in [2.75, 3.05) is 11.4 Å². The van der Waals surface area contributed by atoms with Crippen LogP contribution in [0.15, 0.2) is 47.5 Å². The van der Waals surface area contributed by atoms with E-state index in [1.807, 2.05) is 44.2 Å². The number of carbonyl (C=O) groups is 1. The molecule has 0 radical (unpaired) electrons. The Labute approximate surface area is 147 Å². The zero-order valence-electron chi connectivity index (χ0n) is 13.8. The third-order valence-electron chi connectivity index (χ3n) is 3.63. The molecule has 1 amide bonds. The van der Waals surface area contributed by atoms with Gasteiger partial charge in [0.25, 0.3) is 0 Å². The van der Waals surface area contributed by atoms with Crippen molar-refractivity contribution in [3.8, 4) is 0 Å². The molecule has 0 aliphatic carbocycles. The molecule has 0 spiro atoms. The highest BCUT2D eigenvalue weighted by Crippen LogP contribution is 2.37. The van der Waals surface area contributed by atoms with Crippen LogP contribution in [0.4, 0.5) is 5.69 Å². The Kier molecular flexibility index (Phi) is 4.06. The number of anilines is 1. The van der Waals surface area contributed by atoms with Gasteiger partial charge in [0.05, 0.1) is 17.8 Å². The number of fused-ring (bicyclic) bond motifs is 1. The number of rotatable bonds is 2. The van der Waals surface area contributed by atoms with Crippen LogP contribution in [-0.4, -0.2) is 24.2 Å². The predicted octanol–water partition coefficient (Wildman–Crippen LogP) is 4.59. The summed E-state index contributed by atoms with van der Waals surface area (Å²) >= 11 is 12.6. The first kappa shape index (κ1) is 14.7. The summed E-state index contributed by atoms with van der Waals surface area (Å²) in [7, 11) is 0. The summed E-state index contributed by atoms with van der Waals surface area (Å²) in [5.74, 6) is -0.401. The zero-order chi connectivity index (χ0) is 17.4. The minimum absolute atomic E-state index is 0.159. The molecule has 2 aromatic carbocycles. The van der Waals surface area contributed by atoms with Gasteiger partial charge in [0.1, 0.15) is 6.52 Å². The Hall–Kier alpha value is -1.84. The molecule has 2 aromatic rings. The van der Waals surface area contributed by atoms with Gasteiger partial charge < -0.3 is 4.90 Å². The van der Waals surface area contributed by atoms with E-state index in [0.29, 0.717) is 27.0 Å². The molecule has 0 saturated heterocycles. The molecule has 118 valence electrons. The fraction of sp³-hybridized carbons (Fsp3) is 0.222. The van der Waals surface area contributed by atoms with E-state index in [0.717, 1.165) is 5.56 Å². The van der Waals surface area contributed by atoms with Crippen molar-refractivity contribution >= 4 is 40.5 Å². The summed E-state index contributed by atoms with van der Waals surface area (Å²) in [6, 6.07) is 12.6. The quantitative estimate of drug-likeness (QED) is 0.782. The molecule has 1 unspecified atom stereocenters. The normalized spacial score (nSPS) is 18.4. The van der Waals surface area contributed by atoms with Gasteiger partial charge in [-0.3, -0.25) is 9.79 Å². The number of benzodiazepines with no additional fused rings is 1. The van der Waals surface area contributed by atoms with Crippen LogP contribution in [0.1, 0.15) is 26.3 Å². The van der Waals surface area contributed by atoms with E-state index in [9.17, 15) is 4.79 Å². The van der Waals surface area contributed by atoms with Crippen molar-refractivity contribution in [1.29, 1.82) is 0 Å². The van der Waals surface area contributed by atoms with Crippen molar-refractivity contribution < 1.29 is 6.17 Å². The molecule has 0 saturated carbocycles. The Morgan fingerprint density at radius 3 is 2.57 bits per heavy atom. The van der Waals surface area contributed by atoms with Gasteiger partial charge in [-0.1, -0.05) is 53.5 Å². The summed E-state index contributed by atoms with van der Waals surface area (Å²) in [4.78, 5) is 18.6. The molecule has 0 aromatic heterocycles. The van der Waals surface area contributed by atoms with E-state index in [-0.39, 0.29) is 6.04 Å². The molecule has 0 bridgehead atoms. The van der Waals surface area contributed by atoms with Gasteiger partial charge >= 0.3 is 0 Å². The minimum Gasteiger partial charge on any atom is -0.306 e. The highest BCUT2D eigenvalue weighted by atomic mass is 35.5. The van der Waals surface area contributed by atoms with Crippen LogP contribution in [0.5, 0.6) is 0 Å². The smallest absolute Gasteiger partial charge is 0.248 e. The van der Waals surface area contributed by atoms with E-state index >= 15 is 0 Å². The minimum atomic E-state index is -1.25. The van der Waals surface area contributed by atoms with E-state index in [2.05, 4.69) is 4.99 Å². The predicted molar refractivity (Wildman–Crippen MR) is 96.0 cm³/mol. The van der Waals surface area contributed by atoms with Crippen molar-refractivity contribution in [2.45, 2.75) is 19.9 Å². The topological polar surface area (TPSA) is 32.7 Å². The van der Waals surface area contributed by atoms with Gasteiger partial charge in [-0.2, -0.15) is 0 Å². The van der Waals surface area contributed by atoms with Gasteiger partial charge in [-0.15, -0.1) is 0 Å². The first-order chi connectivity index (χ1) is 11.4. The third kappa shape index (κ3) is 2.99. The third-order valence-corrected chi connectivity index (χ3v) is 4.14. The molecule has 1 atom stereocenters. The number of halogens is 2. The maximum Gasteiger partial charge on any atom is 0.248 e. The maximum atomic E-state index is 12.7. The summed E-state index contributed by atoms with van der Waals surface area (Å²) in [6.45, 7) is 2.52. The van der Waals surface area contributed by atoms with Crippen LogP contribution < -0.4 is 4.90 Å². The van der Waals surface area contributed by atoms with E-state index < -0.39 is 12.4 Å². The molecular formula is C18H16Cl2N2O. The number of amides is 1. The summed E-state index contributed by atoms with van der Waals surface area (Å²) in [5, 5.41) is 0.833. The van der Waals surface area contributed by atoms with Crippen LogP contribution in [0.25, 0.3) is 0 Å². The average Bonchev–Trinajstić information content (AvgIpc) is 2.64. The summed E-state index contributed by atoms with van der Waals surface area (Å²) in [6.07, 6.45) is 0. The fourth-order valence-corrected chi connectivity index (χ4v) is 3.28. The second-order valence-corrected chi connectivity index (χ2v) is 6.40. The Morgan fingerprint density at radius 2 is 1.91 bits per heavy atom. The van der Waals surface area contributed by atoms with Crippen LogP contribution >= 0.6 is 23.2 Å². The number of benzene rings is 2. The zero-order valence-corrected chi connectivity index (χ0v) is 14.3. The van der Waals surface area contributed by atoms with Gasteiger partial charge in [0.15, 0.2) is 0 Å². The lowest BCUT2D eigenvalue weighted by Gasteiger charge is -2.28. The molecule has 1 aliphatic rings. The number of carbonyl (C=O) groups excluding carboxylic acids is 1.